The van der Waals surface area contributed by atoms with Gasteiger partial charge in [-0.25, -0.2) is 0 Å². The second-order valence-electron chi connectivity index (χ2n) is 5.50. The number of unbranched alkanes of at least 4 members (excludes halogenated alkanes) is 1. The highest BCUT2D eigenvalue weighted by Crippen LogP contribution is 2.19. The molecule has 0 aromatic rings. The van der Waals surface area contributed by atoms with Crippen LogP contribution in [0.5, 0.6) is 0 Å². The molecule has 0 aromatic heterocycles. The summed E-state index contributed by atoms with van der Waals surface area (Å²) in [6.07, 6.45) is 5.44. The van der Waals surface area contributed by atoms with Crippen LogP contribution in [0, 0.1) is 0 Å². The molecule has 1 heterocycles. The molecule has 0 saturated carbocycles. The van der Waals surface area contributed by atoms with Crippen molar-refractivity contribution < 1.29 is 9.84 Å². The van der Waals surface area contributed by atoms with Crippen LogP contribution in [-0.2, 0) is 4.74 Å². The number of hydrogen-bond donors (Lipinski definition) is 2. The van der Waals surface area contributed by atoms with Gasteiger partial charge in [0.05, 0.1) is 12.7 Å². The van der Waals surface area contributed by atoms with E-state index in [4.69, 9.17) is 10.5 Å². The number of likely N-dealkylation sites (tertiary alicyclic amines) is 1. The summed E-state index contributed by atoms with van der Waals surface area (Å²) in [6, 6.07) is 0.600. The van der Waals surface area contributed by atoms with Gasteiger partial charge in [0.2, 0.25) is 0 Å². The summed E-state index contributed by atoms with van der Waals surface area (Å²) in [5, 5.41) is 9.99. The molecule has 4 nitrogen and oxygen atoms in total. The van der Waals surface area contributed by atoms with E-state index in [1.54, 1.807) is 0 Å². The van der Waals surface area contributed by atoms with Crippen molar-refractivity contribution in [2.45, 2.75) is 64.1 Å². The summed E-state index contributed by atoms with van der Waals surface area (Å²) in [6.45, 7) is 7.15. The zero-order chi connectivity index (χ0) is 13.4. The first kappa shape index (κ1) is 15.9. The Bertz CT molecular complexity index is 212. The van der Waals surface area contributed by atoms with Crippen molar-refractivity contribution in [3.05, 3.63) is 0 Å². The molecule has 0 spiro atoms. The lowest BCUT2D eigenvalue weighted by Gasteiger charge is -2.39. The molecule has 108 valence electrons. The van der Waals surface area contributed by atoms with Crippen molar-refractivity contribution in [1.29, 1.82) is 0 Å². The maximum absolute atomic E-state index is 9.99. The van der Waals surface area contributed by atoms with E-state index in [2.05, 4.69) is 18.7 Å². The predicted octanol–water partition coefficient (Wildman–Crippen LogP) is 1.37. The van der Waals surface area contributed by atoms with Gasteiger partial charge in [-0.2, -0.15) is 0 Å². The average molecular weight is 258 g/mol. The Morgan fingerprint density at radius 1 is 1.44 bits per heavy atom. The highest BCUT2D eigenvalue weighted by molar-refractivity contribution is 4.84. The average Bonchev–Trinajstić information content (AvgIpc) is 2.35. The number of aliphatic hydroxyl groups is 1. The quantitative estimate of drug-likeness (QED) is 0.646. The first-order chi connectivity index (χ1) is 8.65. The number of hydrogen-bond acceptors (Lipinski definition) is 4. The molecule has 3 unspecified atom stereocenters. The number of β-amino-alcohol motifs (C(OH)–C–C–N with tert-alkyl or cyclic N) is 1. The fourth-order valence-corrected chi connectivity index (χ4v) is 2.63. The standard InChI is InChI=1S/C14H30N2O2/c1-3-4-9-18-11-13(17)10-16-8-6-5-7-14(16)12(2)15/h12-14,17H,3-11,15H2,1-2H3. The van der Waals surface area contributed by atoms with Crippen LogP contribution in [0.2, 0.25) is 0 Å². The molecule has 1 fully saturated rings. The Hall–Kier alpha value is -0.160. The first-order valence-electron chi connectivity index (χ1n) is 7.40. The van der Waals surface area contributed by atoms with Crippen molar-refractivity contribution in [2.75, 3.05) is 26.3 Å². The summed E-state index contributed by atoms with van der Waals surface area (Å²) in [4.78, 5) is 2.34. The van der Waals surface area contributed by atoms with Crippen LogP contribution >= 0.6 is 0 Å². The van der Waals surface area contributed by atoms with Gasteiger partial charge < -0.3 is 15.6 Å². The van der Waals surface area contributed by atoms with E-state index in [0.29, 0.717) is 19.2 Å². The van der Waals surface area contributed by atoms with Gasteiger partial charge in [0.1, 0.15) is 0 Å². The van der Waals surface area contributed by atoms with E-state index >= 15 is 0 Å². The SMILES string of the molecule is CCCCOCC(O)CN1CCCCC1C(C)N. The van der Waals surface area contributed by atoms with Crippen LogP contribution in [0.15, 0.2) is 0 Å². The number of piperidine rings is 1. The molecule has 4 heteroatoms. The van der Waals surface area contributed by atoms with Crippen LogP contribution < -0.4 is 5.73 Å². The zero-order valence-corrected chi connectivity index (χ0v) is 12.0. The third-order valence-corrected chi connectivity index (χ3v) is 3.67. The lowest BCUT2D eigenvalue weighted by atomic mass is 9.96. The van der Waals surface area contributed by atoms with Gasteiger partial charge >= 0.3 is 0 Å². The van der Waals surface area contributed by atoms with Gasteiger partial charge in [-0.15, -0.1) is 0 Å². The van der Waals surface area contributed by atoms with Crippen LogP contribution in [0.25, 0.3) is 0 Å². The summed E-state index contributed by atoms with van der Waals surface area (Å²) in [5.74, 6) is 0. The summed E-state index contributed by atoms with van der Waals surface area (Å²) >= 11 is 0. The molecule has 3 N–H and O–H groups in total. The highest BCUT2D eigenvalue weighted by Gasteiger charge is 2.26. The maximum Gasteiger partial charge on any atom is 0.0900 e. The van der Waals surface area contributed by atoms with Crippen molar-refractivity contribution in [2.24, 2.45) is 5.73 Å². The van der Waals surface area contributed by atoms with Gasteiger partial charge in [-0.1, -0.05) is 19.8 Å². The Kier molecular flexibility index (Phi) is 7.82. The number of nitrogens with two attached hydrogens (primary N) is 1. The van der Waals surface area contributed by atoms with Crippen molar-refractivity contribution in [3.8, 4) is 0 Å². The second kappa shape index (κ2) is 8.86. The minimum absolute atomic E-state index is 0.179. The zero-order valence-electron chi connectivity index (χ0n) is 12.0. The fraction of sp³-hybridized carbons (Fsp3) is 1.00. The van der Waals surface area contributed by atoms with E-state index in [0.717, 1.165) is 32.4 Å². The molecule has 0 bridgehead atoms. The predicted molar refractivity (Wildman–Crippen MR) is 74.6 cm³/mol. The minimum atomic E-state index is -0.388. The molecule has 0 aliphatic carbocycles. The Labute approximate surface area is 111 Å². The highest BCUT2D eigenvalue weighted by atomic mass is 16.5. The molecule has 0 amide bonds. The van der Waals surface area contributed by atoms with Gasteiger partial charge in [-0.3, -0.25) is 4.90 Å². The van der Waals surface area contributed by atoms with Crippen molar-refractivity contribution >= 4 is 0 Å². The number of aliphatic hydroxyl groups excluding tert-OH is 1. The monoisotopic (exact) mass is 258 g/mol. The van der Waals surface area contributed by atoms with E-state index in [1.807, 2.05) is 0 Å². The first-order valence-corrected chi connectivity index (χ1v) is 7.40. The second-order valence-corrected chi connectivity index (χ2v) is 5.50. The van der Waals surface area contributed by atoms with Crippen LogP contribution in [0.3, 0.4) is 0 Å². The molecule has 1 saturated heterocycles. The van der Waals surface area contributed by atoms with Crippen LogP contribution in [0.1, 0.15) is 46.0 Å². The van der Waals surface area contributed by atoms with Gasteiger partial charge in [0.25, 0.3) is 0 Å². The van der Waals surface area contributed by atoms with E-state index in [-0.39, 0.29) is 12.1 Å². The molecule has 1 aliphatic heterocycles. The molecule has 18 heavy (non-hydrogen) atoms. The summed E-state index contributed by atoms with van der Waals surface area (Å²) in [5.41, 5.74) is 6.02. The molecule has 1 rings (SSSR count). The Morgan fingerprint density at radius 3 is 2.89 bits per heavy atom. The normalized spacial score (nSPS) is 25.0. The fourth-order valence-electron chi connectivity index (χ4n) is 2.63. The van der Waals surface area contributed by atoms with Crippen LogP contribution in [-0.4, -0.2) is 54.5 Å². The van der Waals surface area contributed by atoms with Gasteiger partial charge in [0.15, 0.2) is 0 Å². The third kappa shape index (κ3) is 5.65. The molecule has 1 aliphatic rings. The van der Waals surface area contributed by atoms with Crippen molar-refractivity contribution in [3.63, 3.8) is 0 Å². The number of ether oxygens (including phenoxy) is 1. The van der Waals surface area contributed by atoms with Gasteiger partial charge in [-0.05, 0) is 32.7 Å². The molecule has 3 atom stereocenters. The largest absolute Gasteiger partial charge is 0.389 e. The van der Waals surface area contributed by atoms with Crippen molar-refractivity contribution in [1.82, 2.24) is 4.90 Å². The molecular weight excluding hydrogens is 228 g/mol. The number of rotatable bonds is 8. The summed E-state index contributed by atoms with van der Waals surface area (Å²) in [7, 11) is 0. The van der Waals surface area contributed by atoms with Gasteiger partial charge in [0, 0.05) is 25.2 Å². The molecular formula is C14H30N2O2. The van der Waals surface area contributed by atoms with E-state index < -0.39 is 0 Å². The topological polar surface area (TPSA) is 58.7 Å². The lowest BCUT2D eigenvalue weighted by molar-refractivity contribution is -0.00102. The molecule has 0 radical (unpaired) electrons. The lowest BCUT2D eigenvalue weighted by Crippen LogP contribution is -2.51. The van der Waals surface area contributed by atoms with Crippen LogP contribution in [0.4, 0.5) is 0 Å². The Morgan fingerprint density at radius 2 is 2.22 bits per heavy atom. The molecule has 0 aromatic carbocycles. The minimum Gasteiger partial charge on any atom is -0.389 e. The van der Waals surface area contributed by atoms with E-state index in [1.165, 1.54) is 12.8 Å². The maximum atomic E-state index is 9.99. The Balaban J connectivity index is 2.25. The summed E-state index contributed by atoms with van der Waals surface area (Å²) < 4.78 is 5.47. The number of nitrogens with zero attached hydrogens (tertiary/aromatic N) is 1. The smallest absolute Gasteiger partial charge is 0.0900 e. The van der Waals surface area contributed by atoms with E-state index in [9.17, 15) is 5.11 Å². The third-order valence-electron chi connectivity index (χ3n) is 3.67.